The Hall–Kier alpha value is -1.86. The van der Waals surface area contributed by atoms with E-state index in [1.54, 1.807) is 0 Å². The van der Waals surface area contributed by atoms with Crippen molar-refractivity contribution >= 4 is 5.97 Å². The zero-order chi connectivity index (χ0) is 13.3. The van der Waals surface area contributed by atoms with E-state index in [9.17, 15) is 26.7 Å². The molecule has 0 saturated heterocycles. The van der Waals surface area contributed by atoms with Crippen molar-refractivity contribution in [2.24, 2.45) is 0 Å². The van der Waals surface area contributed by atoms with Crippen LogP contribution in [-0.4, -0.2) is 23.4 Å². The Balaban J connectivity index is 3.08. The molecule has 0 saturated carbocycles. The average molecular weight is 256 g/mol. The predicted molar refractivity (Wildman–Crippen MR) is 45.0 cm³/mol. The Morgan fingerprint density at radius 3 is 2.12 bits per heavy atom. The lowest BCUT2D eigenvalue weighted by molar-refractivity contribution is -0.360. The summed E-state index contributed by atoms with van der Waals surface area (Å²) < 4.78 is 63.9. The summed E-state index contributed by atoms with van der Waals surface area (Å²) in [4.78, 5) is 10.6. The summed E-state index contributed by atoms with van der Waals surface area (Å²) >= 11 is 0. The molecule has 1 N–H and O–H groups in total. The lowest BCUT2D eigenvalue weighted by atomic mass is 10.2. The molecular weight excluding hydrogens is 251 g/mol. The van der Waals surface area contributed by atoms with Crippen LogP contribution in [0.2, 0.25) is 0 Å². The van der Waals surface area contributed by atoms with E-state index in [1.807, 2.05) is 0 Å². The fraction of sp³-hybridized carbons (Fsp3) is 0.222. The predicted octanol–water partition coefficient (Wildman–Crippen LogP) is 2.92. The number of hydrogen-bond acceptors (Lipinski definition) is 2. The van der Waals surface area contributed by atoms with Gasteiger partial charge in [-0.3, -0.25) is 0 Å². The van der Waals surface area contributed by atoms with E-state index in [4.69, 9.17) is 5.11 Å². The zero-order valence-corrected chi connectivity index (χ0v) is 7.96. The van der Waals surface area contributed by atoms with E-state index in [0.717, 1.165) is 12.1 Å². The number of carboxylic acid groups (broad SMARTS) is 1. The lowest BCUT2D eigenvalue weighted by Crippen LogP contribution is -2.42. The quantitative estimate of drug-likeness (QED) is 0.846. The molecule has 1 aromatic rings. The second-order valence-electron chi connectivity index (χ2n) is 2.92. The van der Waals surface area contributed by atoms with E-state index in [2.05, 4.69) is 4.74 Å². The number of ether oxygens (including phenoxy) is 1. The highest BCUT2D eigenvalue weighted by Gasteiger charge is 2.61. The third kappa shape index (κ3) is 2.83. The van der Waals surface area contributed by atoms with Gasteiger partial charge in [-0.1, -0.05) is 12.1 Å². The van der Waals surface area contributed by atoms with Crippen molar-refractivity contribution < 1.29 is 36.6 Å². The zero-order valence-electron chi connectivity index (χ0n) is 7.96. The molecule has 3 nitrogen and oxygen atoms in total. The highest BCUT2D eigenvalue weighted by Crippen LogP contribution is 2.38. The second-order valence-corrected chi connectivity index (χ2v) is 2.92. The first-order valence-electron chi connectivity index (χ1n) is 4.11. The van der Waals surface area contributed by atoms with E-state index < -0.39 is 29.6 Å². The van der Waals surface area contributed by atoms with Crippen LogP contribution in [0.25, 0.3) is 0 Å². The Bertz CT molecular complexity index is 427. The van der Waals surface area contributed by atoms with Crippen molar-refractivity contribution in [3.8, 4) is 5.75 Å². The Morgan fingerprint density at radius 1 is 1.12 bits per heavy atom. The first-order valence-corrected chi connectivity index (χ1v) is 4.11. The van der Waals surface area contributed by atoms with Gasteiger partial charge in [-0.25, -0.2) is 4.79 Å². The minimum absolute atomic E-state index is 0.711. The molecule has 0 heterocycles. The maximum absolute atomic E-state index is 12.5. The fourth-order valence-electron chi connectivity index (χ4n) is 0.928. The van der Waals surface area contributed by atoms with Gasteiger partial charge in [-0.2, -0.15) is 22.0 Å². The van der Waals surface area contributed by atoms with Gasteiger partial charge in [0.25, 0.3) is 0 Å². The number of halogens is 5. The molecule has 94 valence electrons. The van der Waals surface area contributed by atoms with E-state index in [0.29, 0.717) is 6.07 Å². The molecule has 0 aromatic heterocycles. The van der Waals surface area contributed by atoms with Crippen LogP contribution in [0.3, 0.4) is 0 Å². The minimum atomic E-state index is -5.92. The van der Waals surface area contributed by atoms with Gasteiger partial charge in [-0.05, 0) is 12.1 Å². The third-order valence-electron chi connectivity index (χ3n) is 1.69. The van der Waals surface area contributed by atoms with Gasteiger partial charge in [0.05, 0.1) is 0 Å². The molecule has 0 aliphatic rings. The monoisotopic (exact) mass is 256 g/mol. The van der Waals surface area contributed by atoms with Gasteiger partial charge in [0.2, 0.25) is 0 Å². The number of benzene rings is 1. The van der Waals surface area contributed by atoms with Crippen molar-refractivity contribution in [2.45, 2.75) is 12.3 Å². The summed E-state index contributed by atoms with van der Waals surface area (Å²) in [5.74, 6) is -2.72. The van der Waals surface area contributed by atoms with Crippen LogP contribution in [0.4, 0.5) is 22.0 Å². The molecule has 1 aromatic carbocycles. The molecular formula is C9H5F5O3. The summed E-state index contributed by atoms with van der Waals surface area (Å²) in [5.41, 5.74) is -0.781. The van der Waals surface area contributed by atoms with Crippen LogP contribution in [-0.2, 0) is 0 Å². The Kier molecular flexibility index (Phi) is 3.25. The van der Waals surface area contributed by atoms with Crippen LogP contribution < -0.4 is 4.74 Å². The van der Waals surface area contributed by atoms with Crippen LogP contribution in [0, 0.1) is 0 Å². The molecule has 8 heteroatoms. The van der Waals surface area contributed by atoms with Crippen molar-refractivity contribution in [1.29, 1.82) is 0 Å². The number of alkyl halides is 5. The SMILES string of the molecule is O=C(O)c1ccccc1OC(F)(F)C(F)(F)F. The molecule has 0 radical (unpaired) electrons. The van der Waals surface area contributed by atoms with Crippen LogP contribution in [0.1, 0.15) is 10.4 Å². The molecule has 0 aliphatic carbocycles. The second kappa shape index (κ2) is 4.19. The molecule has 0 atom stereocenters. The smallest absolute Gasteiger partial charge is 0.478 e. The number of hydrogen-bond donors (Lipinski definition) is 1. The molecule has 1 rings (SSSR count). The lowest BCUT2D eigenvalue weighted by Gasteiger charge is -2.20. The fourth-order valence-corrected chi connectivity index (χ4v) is 0.928. The normalized spacial score (nSPS) is 12.3. The van der Waals surface area contributed by atoms with Gasteiger partial charge in [-0.15, -0.1) is 0 Å². The summed E-state index contributed by atoms with van der Waals surface area (Å²) in [6.07, 6.45) is -11.4. The molecule has 0 bridgehead atoms. The molecule has 0 aliphatic heterocycles. The molecule has 0 spiro atoms. The number of rotatable bonds is 3. The van der Waals surface area contributed by atoms with E-state index in [-0.39, 0.29) is 0 Å². The van der Waals surface area contributed by atoms with Crippen LogP contribution >= 0.6 is 0 Å². The van der Waals surface area contributed by atoms with Gasteiger partial charge < -0.3 is 9.84 Å². The van der Waals surface area contributed by atoms with Gasteiger partial charge in [0, 0.05) is 0 Å². The van der Waals surface area contributed by atoms with Crippen molar-refractivity contribution in [2.75, 3.05) is 0 Å². The number of carboxylic acids is 1. The van der Waals surface area contributed by atoms with E-state index in [1.165, 1.54) is 6.07 Å². The number of para-hydroxylation sites is 1. The van der Waals surface area contributed by atoms with Gasteiger partial charge in [0.1, 0.15) is 11.3 Å². The Morgan fingerprint density at radius 2 is 1.65 bits per heavy atom. The molecule has 0 amide bonds. The van der Waals surface area contributed by atoms with Crippen molar-refractivity contribution in [3.05, 3.63) is 29.8 Å². The van der Waals surface area contributed by atoms with E-state index >= 15 is 0 Å². The Labute approximate surface area is 91.4 Å². The molecule has 17 heavy (non-hydrogen) atoms. The number of aromatic carboxylic acids is 1. The summed E-state index contributed by atoms with van der Waals surface area (Å²) in [6.45, 7) is 0. The van der Waals surface area contributed by atoms with Crippen LogP contribution in [0.5, 0.6) is 5.75 Å². The molecule has 0 unspecified atom stereocenters. The summed E-state index contributed by atoms with van der Waals surface area (Å²) in [6, 6.07) is 3.81. The number of carbonyl (C=O) groups is 1. The summed E-state index contributed by atoms with van der Waals surface area (Å²) in [5, 5.41) is 8.56. The largest absolute Gasteiger partial charge is 0.499 e. The minimum Gasteiger partial charge on any atom is -0.478 e. The highest BCUT2D eigenvalue weighted by molar-refractivity contribution is 5.90. The topological polar surface area (TPSA) is 46.5 Å². The maximum Gasteiger partial charge on any atom is 0.499 e. The first-order chi connectivity index (χ1) is 7.65. The standard InChI is InChI=1S/C9H5F5O3/c10-8(11,12)9(13,14)17-6-4-2-1-3-5(6)7(15)16/h1-4H,(H,15,16). The highest BCUT2D eigenvalue weighted by atomic mass is 19.4. The third-order valence-corrected chi connectivity index (χ3v) is 1.69. The maximum atomic E-state index is 12.5. The molecule has 0 fully saturated rings. The van der Waals surface area contributed by atoms with Crippen molar-refractivity contribution in [3.63, 3.8) is 0 Å². The summed E-state index contributed by atoms with van der Waals surface area (Å²) in [7, 11) is 0. The van der Waals surface area contributed by atoms with Gasteiger partial charge in [0.15, 0.2) is 0 Å². The van der Waals surface area contributed by atoms with Crippen molar-refractivity contribution in [1.82, 2.24) is 0 Å². The van der Waals surface area contributed by atoms with Gasteiger partial charge >= 0.3 is 18.3 Å². The average Bonchev–Trinajstić information content (AvgIpc) is 2.15. The first kappa shape index (κ1) is 13.2. The van der Waals surface area contributed by atoms with Crippen LogP contribution in [0.15, 0.2) is 24.3 Å².